The maximum Gasteiger partial charge on any atom is 0.302 e. The number of carbonyl (C=O) groups is 4. The van der Waals surface area contributed by atoms with Gasteiger partial charge in [0.1, 0.15) is 29.0 Å². The Morgan fingerprint density at radius 1 is 1.06 bits per heavy atom. The van der Waals surface area contributed by atoms with E-state index in [0.717, 1.165) is 16.5 Å². The first-order valence-electron chi connectivity index (χ1n) is 16.2. The van der Waals surface area contributed by atoms with E-state index in [-0.39, 0.29) is 48.7 Å². The number of benzene rings is 2. The van der Waals surface area contributed by atoms with Gasteiger partial charge in [0, 0.05) is 37.8 Å². The van der Waals surface area contributed by atoms with Gasteiger partial charge in [-0.25, -0.2) is 19.7 Å². The van der Waals surface area contributed by atoms with Gasteiger partial charge in [0.25, 0.3) is 11.8 Å². The molecule has 13 heteroatoms. The number of aromatic amines is 1. The Balaban J connectivity index is 1.47. The van der Waals surface area contributed by atoms with Crippen LogP contribution in [0.15, 0.2) is 36.4 Å². The summed E-state index contributed by atoms with van der Waals surface area (Å²) < 4.78 is 42.9. The van der Waals surface area contributed by atoms with Gasteiger partial charge in [-0.1, -0.05) is 52.8 Å². The van der Waals surface area contributed by atoms with Crippen LogP contribution >= 0.6 is 0 Å². The quantitative estimate of drug-likeness (QED) is 0.235. The molecule has 0 aliphatic carbocycles. The molecule has 2 aromatic carbocycles. The number of para-hydroxylation sites is 1. The summed E-state index contributed by atoms with van der Waals surface area (Å²) in [6, 6.07) is 6.52. The van der Waals surface area contributed by atoms with Gasteiger partial charge in [-0.15, -0.1) is 0 Å². The van der Waals surface area contributed by atoms with Crippen LogP contribution in [0.3, 0.4) is 0 Å². The van der Waals surface area contributed by atoms with Crippen molar-refractivity contribution in [3.05, 3.63) is 76.5 Å². The number of likely N-dealkylation sites (N-methyl/N-ethyl adjacent to an activating group) is 2. The van der Waals surface area contributed by atoms with E-state index >= 15 is 0 Å². The van der Waals surface area contributed by atoms with E-state index in [1.54, 1.807) is 18.2 Å². The molecule has 1 saturated heterocycles. The third-order valence-corrected chi connectivity index (χ3v) is 9.55. The summed E-state index contributed by atoms with van der Waals surface area (Å²) in [6.45, 7) is 17.3. The second-order valence-electron chi connectivity index (χ2n) is 14.8. The number of nitrogens with zero attached hydrogens (tertiary/aromatic N) is 4. The molecule has 1 fully saturated rings. The largest absolute Gasteiger partial charge is 0.348 e. The molecule has 0 saturated carbocycles. The minimum Gasteiger partial charge on any atom is -0.348 e. The molecule has 3 aromatic rings. The second-order valence-corrected chi connectivity index (χ2v) is 14.8. The molecule has 2 aliphatic heterocycles. The smallest absolute Gasteiger partial charge is 0.302 e. The fraction of sp³-hybridized carbons (Fsp3) is 0.472. The predicted molar refractivity (Wildman–Crippen MR) is 178 cm³/mol. The molecule has 5 rings (SSSR count). The number of hydrogen-bond acceptors (Lipinski definition) is 4. The van der Waals surface area contributed by atoms with Crippen LogP contribution in [0.1, 0.15) is 69.9 Å². The number of anilines is 1. The average Bonchev–Trinajstić information content (AvgIpc) is 3.74. The van der Waals surface area contributed by atoms with Crippen molar-refractivity contribution in [3.63, 3.8) is 0 Å². The summed E-state index contributed by atoms with van der Waals surface area (Å²) in [5.41, 5.74) is -0.991. The summed E-state index contributed by atoms with van der Waals surface area (Å²) in [7, 11) is 2.87. The minimum atomic E-state index is -1.41. The zero-order chi connectivity index (χ0) is 36.2. The number of rotatable bonds is 8. The maximum atomic E-state index is 14.5. The fourth-order valence-electron chi connectivity index (χ4n) is 7.01. The van der Waals surface area contributed by atoms with E-state index in [9.17, 15) is 32.3 Å². The lowest BCUT2D eigenvalue weighted by atomic mass is 9.80. The van der Waals surface area contributed by atoms with E-state index in [1.807, 2.05) is 40.7 Å². The summed E-state index contributed by atoms with van der Waals surface area (Å²) in [5, 5.41) is 2.57. The highest BCUT2D eigenvalue weighted by molar-refractivity contribution is 6.07. The van der Waals surface area contributed by atoms with E-state index in [0.29, 0.717) is 11.8 Å². The van der Waals surface area contributed by atoms with Crippen molar-refractivity contribution in [2.24, 2.45) is 11.3 Å². The fourth-order valence-corrected chi connectivity index (χ4v) is 7.01. The summed E-state index contributed by atoms with van der Waals surface area (Å²) in [6.07, 6.45) is -0.432. The van der Waals surface area contributed by atoms with E-state index in [2.05, 4.69) is 15.1 Å². The average molecular weight is 679 g/mol. The number of nitrogens with one attached hydrogen (secondary N) is 2. The molecule has 4 amide bonds. The molecule has 260 valence electrons. The lowest BCUT2D eigenvalue weighted by Crippen LogP contribution is -2.57. The van der Waals surface area contributed by atoms with Gasteiger partial charge in [0.2, 0.25) is 11.8 Å². The molecule has 3 heterocycles. The van der Waals surface area contributed by atoms with E-state index < -0.39 is 69.8 Å². The number of likely N-dealkylation sites (tertiary alicyclic amines) is 1. The molecule has 49 heavy (non-hydrogen) atoms. The van der Waals surface area contributed by atoms with Crippen LogP contribution in [0.5, 0.6) is 0 Å². The van der Waals surface area contributed by atoms with Gasteiger partial charge in [-0.2, -0.15) is 0 Å². The van der Waals surface area contributed by atoms with Crippen molar-refractivity contribution >= 4 is 40.2 Å². The molecular formula is C36H41F3N6O4. The van der Waals surface area contributed by atoms with Crippen molar-refractivity contribution in [3.8, 4) is 0 Å². The molecule has 10 nitrogen and oxygen atoms in total. The molecule has 0 bridgehead atoms. The molecule has 1 aromatic heterocycles. The molecule has 1 spiro atoms. The Kier molecular flexibility index (Phi) is 9.31. The van der Waals surface area contributed by atoms with E-state index in [1.165, 1.54) is 23.9 Å². The van der Waals surface area contributed by atoms with Gasteiger partial charge >= 0.3 is 6.17 Å². The maximum absolute atomic E-state index is 14.5. The molecule has 2 aliphatic rings. The highest BCUT2D eigenvalue weighted by Gasteiger charge is 2.59. The van der Waals surface area contributed by atoms with Gasteiger partial charge in [-0.05, 0) is 41.9 Å². The van der Waals surface area contributed by atoms with Crippen LogP contribution in [0.2, 0.25) is 0 Å². The Hall–Kier alpha value is -4.86. The van der Waals surface area contributed by atoms with Crippen molar-refractivity contribution in [2.75, 3.05) is 26.0 Å². The van der Waals surface area contributed by atoms with Crippen LogP contribution in [0, 0.1) is 35.4 Å². The Bertz CT molecular complexity index is 1880. The number of amides is 4. The third-order valence-electron chi connectivity index (χ3n) is 9.55. The van der Waals surface area contributed by atoms with Crippen LogP contribution < -0.4 is 5.32 Å². The number of H-pyrrole nitrogens is 1. The molecule has 0 unspecified atom stereocenters. The lowest BCUT2D eigenvalue weighted by Gasteiger charge is -2.38. The summed E-state index contributed by atoms with van der Waals surface area (Å²) in [5.74, 6) is -5.94. The van der Waals surface area contributed by atoms with Crippen LogP contribution in [-0.4, -0.2) is 82.2 Å². The molecular weight excluding hydrogens is 637 g/mol. The predicted octanol–water partition coefficient (Wildman–Crippen LogP) is 5.70. The third kappa shape index (κ3) is 6.36. The topological polar surface area (TPSA) is 110 Å². The second kappa shape index (κ2) is 12.9. The Labute approximate surface area is 283 Å². The molecule has 4 atom stereocenters. The van der Waals surface area contributed by atoms with Gasteiger partial charge < -0.3 is 20.1 Å². The SMILES string of the molecule is [C-]#[N+][C@@H]1C[C@@]2(CN1C(=O)[C@H](CC(C)C)N(C)C(=O)[C@H](CC(C)(C)C)N(C)C(=O)c1cc3c(F)cc(F)c(F)c3[nH]1)C(=O)Nc1ccccc12. The van der Waals surface area contributed by atoms with Gasteiger partial charge in [0.05, 0.1) is 11.9 Å². The minimum absolute atomic E-state index is 0.0315. The number of hydrogen-bond donors (Lipinski definition) is 2. The number of halogens is 3. The van der Waals surface area contributed by atoms with Crippen molar-refractivity contribution < 1.29 is 32.3 Å². The van der Waals surface area contributed by atoms with Crippen LogP contribution in [0.25, 0.3) is 15.7 Å². The molecule has 2 N–H and O–H groups in total. The van der Waals surface area contributed by atoms with Crippen LogP contribution in [0.4, 0.5) is 18.9 Å². The first kappa shape index (κ1) is 35.4. The highest BCUT2D eigenvalue weighted by Crippen LogP contribution is 2.47. The highest BCUT2D eigenvalue weighted by atomic mass is 19.2. The zero-order valence-corrected chi connectivity index (χ0v) is 28.7. The normalized spacial score (nSPS) is 19.9. The number of aromatic nitrogens is 1. The molecule has 0 radical (unpaired) electrons. The summed E-state index contributed by atoms with van der Waals surface area (Å²) in [4.78, 5) is 66.0. The first-order valence-corrected chi connectivity index (χ1v) is 16.2. The lowest BCUT2D eigenvalue weighted by molar-refractivity contribution is -0.148. The Morgan fingerprint density at radius 3 is 2.37 bits per heavy atom. The summed E-state index contributed by atoms with van der Waals surface area (Å²) >= 11 is 0. The standard InChI is InChI=1S/C36H41F3N6O4/c1-19(2)13-26(33(48)45-18-36(17-28(45)40-6)21-11-9-10-12-24(21)42-34(36)49)43(7)32(47)27(16-35(3,4)5)44(8)31(46)25-14-20-22(37)15-23(38)29(39)30(20)41-25/h9-12,14-15,19,26-28,41H,13,16-18H2,1-5,7-8H3,(H,42,49)/t26-,27-,28-,36-/m0/s1. The number of carbonyl (C=O) groups excluding carboxylic acids is 4. The van der Waals surface area contributed by atoms with Crippen molar-refractivity contribution in [2.45, 2.75) is 77.5 Å². The first-order chi connectivity index (χ1) is 22.9. The van der Waals surface area contributed by atoms with Crippen LogP contribution in [-0.2, 0) is 19.8 Å². The van der Waals surface area contributed by atoms with Crippen molar-refractivity contribution in [1.82, 2.24) is 19.7 Å². The van der Waals surface area contributed by atoms with Gasteiger partial charge in [-0.3, -0.25) is 28.9 Å². The zero-order valence-electron chi connectivity index (χ0n) is 28.7. The van der Waals surface area contributed by atoms with Crippen molar-refractivity contribution in [1.29, 1.82) is 0 Å². The Morgan fingerprint density at radius 2 is 1.73 bits per heavy atom. The van der Waals surface area contributed by atoms with Gasteiger partial charge in [0.15, 0.2) is 11.6 Å². The number of fused-ring (bicyclic) bond motifs is 3. The van der Waals surface area contributed by atoms with E-state index in [4.69, 9.17) is 6.57 Å². The monoisotopic (exact) mass is 678 g/mol.